The van der Waals surface area contributed by atoms with Crippen molar-refractivity contribution >= 4 is 35.0 Å². The predicted octanol–water partition coefficient (Wildman–Crippen LogP) is 3.12. The largest absolute Gasteiger partial charge is 0.495 e. The molecule has 1 amide bonds. The van der Waals surface area contributed by atoms with Crippen LogP contribution in [-0.4, -0.2) is 33.1 Å². The Kier molecular flexibility index (Phi) is 6.95. The van der Waals surface area contributed by atoms with E-state index in [1.165, 1.54) is 23.5 Å². The molecular formula is C16H22ClN5O2S. The Bertz CT molecular complexity index is 737. The second kappa shape index (κ2) is 8.96. The minimum absolute atomic E-state index is 0.177. The number of unbranched alkanes of at least 4 members (excludes halogenated alkanes) is 1. The first-order valence-electron chi connectivity index (χ1n) is 7.96. The number of halogens is 1. The van der Waals surface area contributed by atoms with Crippen LogP contribution < -0.4 is 15.9 Å². The lowest BCUT2D eigenvalue weighted by atomic mass is 10.2. The Labute approximate surface area is 156 Å². The number of methoxy groups -OCH3 is 1. The quantitative estimate of drug-likeness (QED) is 0.537. The van der Waals surface area contributed by atoms with E-state index < -0.39 is 5.25 Å². The number of benzene rings is 1. The summed E-state index contributed by atoms with van der Waals surface area (Å²) in [6.45, 7) is 3.89. The average Bonchev–Trinajstić information content (AvgIpc) is 2.93. The fourth-order valence-corrected chi connectivity index (χ4v) is 3.14. The van der Waals surface area contributed by atoms with E-state index in [2.05, 4.69) is 22.4 Å². The first-order chi connectivity index (χ1) is 12.0. The second-order valence-corrected chi connectivity index (χ2v) is 7.19. The van der Waals surface area contributed by atoms with E-state index in [4.69, 9.17) is 22.2 Å². The van der Waals surface area contributed by atoms with E-state index in [9.17, 15) is 4.79 Å². The van der Waals surface area contributed by atoms with Crippen LogP contribution in [-0.2, 0) is 11.2 Å². The molecule has 0 saturated heterocycles. The van der Waals surface area contributed by atoms with Crippen molar-refractivity contribution in [3.05, 3.63) is 29.0 Å². The highest BCUT2D eigenvalue weighted by Crippen LogP contribution is 2.28. The SMILES string of the molecule is CCCCc1nnc(S[C@@H](C)C(=O)Nc2ccc(OC)c(Cl)c2)n1N. The van der Waals surface area contributed by atoms with Crippen LogP contribution in [0, 0.1) is 0 Å². The summed E-state index contributed by atoms with van der Waals surface area (Å²) in [5, 5.41) is 11.5. The van der Waals surface area contributed by atoms with Crippen molar-refractivity contribution in [3.63, 3.8) is 0 Å². The first kappa shape index (κ1) is 19.4. The van der Waals surface area contributed by atoms with Gasteiger partial charge >= 0.3 is 0 Å². The van der Waals surface area contributed by atoms with Crippen molar-refractivity contribution in [1.29, 1.82) is 0 Å². The van der Waals surface area contributed by atoms with Gasteiger partial charge in [0.25, 0.3) is 0 Å². The number of carbonyl (C=O) groups excluding carboxylic acids is 1. The Hall–Kier alpha value is -1.93. The van der Waals surface area contributed by atoms with Crippen molar-refractivity contribution in [1.82, 2.24) is 14.9 Å². The number of aromatic nitrogens is 3. The standard InChI is InChI=1S/C16H22ClN5O2S/c1-4-5-6-14-20-21-16(22(14)18)25-10(2)15(23)19-11-7-8-13(24-3)12(17)9-11/h7-10H,4-6,18H2,1-3H3,(H,19,23)/t10-/m0/s1. The summed E-state index contributed by atoms with van der Waals surface area (Å²) in [7, 11) is 1.54. The van der Waals surface area contributed by atoms with Gasteiger partial charge in [-0.05, 0) is 31.5 Å². The first-order valence-corrected chi connectivity index (χ1v) is 9.22. The van der Waals surface area contributed by atoms with Gasteiger partial charge in [0.15, 0.2) is 5.82 Å². The molecule has 0 saturated carbocycles. The summed E-state index contributed by atoms with van der Waals surface area (Å²) in [6.07, 6.45) is 2.82. The van der Waals surface area contributed by atoms with Gasteiger partial charge in [-0.2, -0.15) is 0 Å². The number of anilines is 1. The monoisotopic (exact) mass is 383 g/mol. The van der Waals surface area contributed by atoms with Gasteiger partial charge in [-0.15, -0.1) is 10.2 Å². The molecule has 2 rings (SSSR count). The molecule has 0 fully saturated rings. The molecule has 2 aromatic rings. The summed E-state index contributed by atoms with van der Waals surface area (Å²) in [6, 6.07) is 5.07. The Morgan fingerprint density at radius 3 is 2.88 bits per heavy atom. The number of hydrogen-bond donors (Lipinski definition) is 2. The number of nitrogens with two attached hydrogens (primary N) is 1. The topological polar surface area (TPSA) is 95.1 Å². The maximum Gasteiger partial charge on any atom is 0.237 e. The van der Waals surface area contributed by atoms with Crippen molar-refractivity contribution in [2.75, 3.05) is 18.3 Å². The Morgan fingerprint density at radius 2 is 2.24 bits per heavy atom. The molecule has 1 aromatic heterocycles. The minimum Gasteiger partial charge on any atom is -0.495 e. The number of thioether (sulfide) groups is 1. The van der Waals surface area contributed by atoms with Gasteiger partial charge in [-0.1, -0.05) is 36.7 Å². The average molecular weight is 384 g/mol. The van der Waals surface area contributed by atoms with Crippen LogP contribution in [0.1, 0.15) is 32.5 Å². The fourth-order valence-electron chi connectivity index (χ4n) is 2.09. The van der Waals surface area contributed by atoms with Crippen molar-refractivity contribution in [3.8, 4) is 5.75 Å². The molecule has 0 radical (unpaired) electrons. The molecular weight excluding hydrogens is 362 g/mol. The van der Waals surface area contributed by atoms with Gasteiger partial charge in [0.1, 0.15) is 5.75 Å². The van der Waals surface area contributed by atoms with Gasteiger partial charge in [0.05, 0.1) is 17.4 Å². The maximum atomic E-state index is 12.4. The third-order valence-electron chi connectivity index (χ3n) is 3.56. The summed E-state index contributed by atoms with van der Waals surface area (Å²) in [4.78, 5) is 12.4. The highest BCUT2D eigenvalue weighted by Gasteiger charge is 2.19. The smallest absolute Gasteiger partial charge is 0.237 e. The van der Waals surface area contributed by atoms with E-state index >= 15 is 0 Å². The lowest BCUT2D eigenvalue weighted by Gasteiger charge is -2.12. The molecule has 7 nitrogen and oxygen atoms in total. The predicted molar refractivity (Wildman–Crippen MR) is 101 cm³/mol. The Morgan fingerprint density at radius 1 is 1.48 bits per heavy atom. The van der Waals surface area contributed by atoms with E-state index in [1.807, 2.05) is 0 Å². The molecule has 0 aliphatic rings. The summed E-state index contributed by atoms with van der Waals surface area (Å²) < 4.78 is 6.55. The van der Waals surface area contributed by atoms with Crippen LogP contribution in [0.2, 0.25) is 5.02 Å². The van der Waals surface area contributed by atoms with Crippen LogP contribution in [0.4, 0.5) is 5.69 Å². The zero-order valence-corrected chi connectivity index (χ0v) is 16.0. The summed E-state index contributed by atoms with van der Waals surface area (Å²) in [5.41, 5.74) is 0.598. The van der Waals surface area contributed by atoms with Gasteiger partial charge in [-0.3, -0.25) is 4.79 Å². The molecule has 1 atom stereocenters. The van der Waals surface area contributed by atoms with Crippen molar-refractivity contribution < 1.29 is 9.53 Å². The van der Waals surface area contributed by atoms with E-state index in [0.29, 0.717) is 21.6 Å². The number of nitrogen functional groups attached to an aromatic ring is 1. The summed E-state index contributed by atoms with van der Waals surface area (Å²) >= 11 is 7.33. The van der Waals surface area contributed by atoms with Gasteiger partial charge in [0.2, 0.25) is 11.1 Å². The number of rotatable bonds is 8. The molecule has 1 heterocycles. The molecule has 25 heavy (non-hydrogen) atoms. The zero-order chi connectivity index (χ0) is 18.4. The third kappa shape index (κ3) is 5.02. The maximum absolute atomic E-state index is 12.4. The number of hydrogen-bond acceptors (Lipinski definition) is 6. The second-order valence-electron chi connectivity index (χ2n) is 5.47. The lowest BCUT2D eigenvalue weighted by molar-refractivity contribution is -0.115. The van der Waals surface area contributed by atoms with Crippen molar-refractivity contribution in [2.24, 2.45) is 0 Å². The molecule has 0 spiro atoms. The molecule has 0 aliphatic heterocycles. The molecule has 3 N–H and O–H groups in total. The van der Waals surface area contributed by atoms with Gasteiger partial charge in [-0.25, -0.2) is 4.68 Å². The zero-order valence-electron chi connectivity index (χ0n) is 14.5. The van der Waals surface area contributed by atoms with Crippen LogP contribution in [0.5, 0.6) is 5.75 Å². The third-order valence-corrected chi connectivity index (χ3v) is 4.91. The fraction of sp³-hybridized carbons (Fsp3) is 0.438. The molecule has 0 bridgehead atoms. The number of ether oxygens (including phenoxy) is 1. The number of aryl methyl sites for hydroxylation is 1. The number of amides is 1. The van der Waals surface area contributed by atoms with Crippen LogP contribution in [0.25, 0.3) is 0 Å². The minimum atomic E-state index is -0.397. The van der Waals surface area contributed by atoms with Gasteiger partial charge < -0.3 is 15.9 Å². The molecule has 9 heteroatoms. The summed E-state index contributed by atoms with van der Waals surface area (Å²) in [5.74, 6) is 7.10. The Balaban J connectivity index is 1.98. The number of nitrogens with one attached hydrogen (secondary N) is 1. The number of nitrogens with zero attached hydrogens (tertiary/aromatic N) is 3. The normalized spacial score (nSPS) is 12.0. The van der Waals surface area contributed by atoms with Crippen LogP contribution in [0.15, 0.2) is 23.4 Å². The molecule has 0 aliphatic carbocycles. The molecule has 136 valence electrons. The lowest BCUT2D eigenvalue weighted by Crippen LogP contribution is -2.24. The molecule has 1 aromatic carbocycles. The number of carbonyl (C=O) groups is 1. The van der Waals surface area contributed by atoms with Crippen LogP contribution >= 0.6 is 23.4 Å². The highest BCUT2D eigenvalue weighted by molar-refractivity contribution is 8.00. The van der Waals surface area contributed by atoms with Crippen molar-refractivity contribution in [2.45, 2.75) is 43.5 Å². The van der Waals surface area contributed by atoms with E-state index in [-0.39, 0.29) is 5.91 Å². The van der Waals surface area contributed by atoms with E-state index in [0.717, 1.165) is 25.1 Å². The van der Waals surface area contributed by atoms with Gasteiger partial charge in [0, 0.05) is 12.1 Å². The highest BCUT2D eigenvalue weighted by atomic mass is 35.5. The molecule has 0 unspecified atom stereocenters. The van der Waals surface area contributed by atoms with E-state index in [1.54, 1.807) is 25.1 Å². The van der Waals surface area contributed by atoms with Crippen LogP contribution in [0.3, 0.4) is 0 Å².